The van der Waals surface area contributed by atoms with Crippen molar-refractivity contribution in [3.8, 4) is 0 Å². The Morgan fingerprint density at radius 2 is 1.88 bits per heavy atom. The van der Waals surface area contributed by atoms with Crippen molar-refractivity contribution in [2.75, 3.05) is 12.3 Å². The second kappa shape index (κ2) is 6.87. The molecule has 0 aromatic heterocycles. The van der Waals surface area contributed by atoms with Gasteiger partial charge in [0.2, 0.25) is 0 Å². The first-order valence-corrected chi connectivity index (χ1v) is 11.1. The molecular formula is C20H30N2O3S. The molecule has 0 aliphatic heterocycles. The maximum Gasteiger partial charge on any atom is 0.315 e. The van der Waals surface area contributed by atoms with Crippen LogP contribution in [-0.4, -0.2) is 32.8 Å². The van der Waals surface area contributed by atoms with Gasteiger partial charge < -0.3 is 10.6 Å². The van der Waals surface area contributed by atoms with Crippen LogP contribution in [0.4, 0.5) is 4.79 Å². The summed E-state index contributed by atoms with van der Waals surface area (Å²) >= 11 is 0. The number of hydrogen-bond donors (Lipinski definition) is 2. The average molecular weight is 379 g/mol. The SMILES string of the molecule is CC1(C)C2CCC1(C)C(NC(=O)NCCCS(=O)(=O)c1ccccc1)C2. The zero-order valence-electron chi connectivity index (χ0n) is 15.9. The van der Waals surface area contributed by atoms with Crippen LogP contribution in [-0.2, 0) is 9.84 Å². The number of fused-ring (bicyclic) bond motifs is 2. The van der Waals surface area contributed by atoms with Crippen molar-refractivity contribution >= 4 is 15.9 Å². The Hall–Kier alpha value is -1.56. The number of nitrogens with one attached hydrogen (secondary N) is 2. The third-order valence-corrected chi connectivity index (χ3v) is 8.89. The van der Waals surface area contributed by atoms with E-state index in [0.717, 1.165) is 12.8 Å². The van der Waals surface area contributed by atoms with E-state index in [9.17, 15) is 13.2 Å². The fraction of sp³-hybridized carbons (Fsp3) is 0.650. The quantitative estimate of drug-likeness (QED) is 0.745. The minimum atomic E-state index is -3.28. The van der Waals surface area contributed by atoms with Crippen LogP contribution in [0.15, 0.2) is 35.2 Å². The summed E-state index contributed by atoms with van der Waals surface area (Å²) in [5, 5.41) is 5.96. The molecule has 1 aromatic carbocycles. The number of carbonyl (C=O) groups is 1. The summed E-state index contributed by atoms with van der Waals surface area (Å²) in [6.45, 7) is 7.28. The maximum absolute atomic E-state index is 12.3. The van der Waals surface area contributed by atoms with Gasteiger partial charge in [0, 0.05) is 12.6 Å². The van der Waals surface area contributed by atoms with Gasteiger partial charge in [-0.1, -0.05) is 39.0 Å². The lowest BCUT2D eigenvalue weighted by atomic mass is 9.69. The lowest BCUT2D eigenvalue weighted by Crippen LogP contribution is -2.50. The van der Waals surface area contributed by atoms with E-state index in [-0.39, 0.29) is 28.7 Å². The van der Waals surface area contributed by atoms with Gasteiger partial charge in [-0.2, -0.15) is 0 Å². The van der Waals surface area contributed by atoms with Gasteiger partial charge in [0.15, 0.2) is 9.84 Å². The molecule has 3 unspecified atom stereocenters. The van der Waals surface area contributed by atoms with Crippen molar-refractivity contribution in [2.24, 2.45) is 16.7 Å². The molecule has 26 heavy (non-hydrogen) atoms. The van der Waals surface area contributed by atoms with Crippen molar-refractivity contribution in [1.82, 2.24) is 10.6 Å². The van der Waals surface area contributed by atoms with Crippen LogP contribution in [0.3, 0.4) is 0 Å². The number of carbonyl (C=O) groups excluding carboxylic acids is 1. The van der Waals surface area contributed by atoms with Crippen LogP contribution in [0.5, 0.6) is 0 Å². The van der Waals surface area contributed by atoms with Gasteiger partial charge in [-0.15, -0.1) is 0 Å². The number of benzene rings is 1. The molecule has 2 N–H and O–H groups in total. The van der Waals surface area contributed by atoms with Crippen LogP contribution >= 0.6 is 0 Å². The van der Waals surface area contributed by atoms with E-state index in [1.54, 1.807) is 30.3 Å². The lowest BCUT2D eigenvalue weighted by molar-refractivity contribution is 0.123. The molecule has 5 nitrogen and oxygen atoms in total. The van der Waals surface area contributed by atoms with Crippen molar-refractivity contribution in [2.45, 2.75) is 57.4 Å². The largest absolute Gasteiger partial charge is 0.338 e. The van der Waals surface area contributed by atoms with E-state index in [1.807, 2.05) is 0 Å². The molecule has 0 radical (unpaired) electrons. The number of rotatable bonds is 6. The van der Waals surface area contributed by atoms with Crippen LogP contribution in [0.1, 0.15) is 46.5 Å². The van der Waals surface area contributed by atoms with Crippen LogP contribution < -0.4 is 10.6 Å². The highest BCUT2D eigenvalue weighted by molar-refractivity contribution is 7.91. The second-order valence-electron chi connectivity index (χ2n) is 8.55. The molecule has 2 bridgehead atoms. The third-order valence-electron chi connectivity index (χ3n) is 7.08. The van der Waals surface area contributed by atoms with Crippen molar-refractivity contribution in [3.05, 3.63) is 30.3 Å². The molecule has 0 spiro atoms. The normalized spacial score (nSPS) is 29.5. The Morgan fingerprint density at radius 3 is 2.46 bits per heavy atom. The van der Waals surface area contributed by atoms with Crippen molar-refractivity contribution in [1.29, 1.82) is 0 Å². The average Bonchev–Trinajstić information content (AvgIpc) is 2.93. The zero-order valence-corrected chi connectivity index (χ0v) is 16.7. The molecule has 0 saturated heterocycles. The molecule has 2 aliphatic rings. The first kappa shape index (κ1) is 19.2. The van der Waals surface area contributed by atoms with Gasteiger partial charge in [-0.25, -0.2) is 13.2 Å². The molecule has 144 valence electrons. The number of urea groups is 1. The predicted molar refractivity (Wildman–Crippen MR) is 103 cm³/mol. The van der Waals surface area contributed by atoms with Crippen LogP contribution in [0, 0.1) is 16.7 Å². The number of sulfone groups is 1. The summed E-state index contributed by atoms with van der Waals surface area (Å²) in [7, 11) is -3.28. The fourth-order valence-corrected chi connectivity index (χ4v) is 6.17. The number of amides is 2. The minimum Gasteiger partial charge on any atom is -0.338 e. The molecule has 3 rings (SSSR count). The van der Waals surface area contributed by atoms with Crippen LogP contribution in [0.2, 0.25) is 0 Å². The molecule has 1 aromatic rings. The van der Waals surface area contributed by atoms with E-state index in [4.69, 9.17) is 0 Å². The highest BCUT2D eigenvalue weighted by Gasteiger charge is 2.61. The third kappa shape index (κ3) is 3.36. The van der Waals surface area contributed by atoms with Gasteiger partial charge in [0.05, 0.1) is 10.6 Å². The Morgan fingerprint density at radius 1 is 1.19 bits per heavy atom. The topological polar surface area (TPSA) is 75.3 Å². The monoisotopic (exact) mass is 378 g/mol. The molecular weight excluding hydrogens is 348 g/mol. The summed E-state index contributed by atoms with van der Waals surface area (Å²) in [5.41, 5.74) is 0.403. The first-order chi connectivity index (χ1) is 12.2. The molecule has 3 atom stereocenters. The first-order valence-electron chi connectivity index (χ1n) is 9.49. The Labute approximate surface area is 156 Å². The van der Waals surface area contributed by atoms with Crippen molar-refractivity contribution < 1.29 is 13.2 Å². The van der Waals surface area contributed by atoms with Crippen molar-refractivity contribution in [3.63, 3.8) is 0 Å². The predicted octanol–water partition coefficient (Wildman–Crippen LogP) is 3.36. The fourth-order valence-electron chi connectivity index (χ4n) is 4.84. The van der Waals surface area contributed by atoms with Gasteiger partial charge in [-0.05, 0) is 54.6 Å². The van der Waals surface area contributed by atoms with Crippen LogP contribution in [0.25, 0.3) is 0 Å². The van der Waals surface area contributed by atoms with Gasteiger partial charge >= 0.3 is 6.03 Å². The molecule has 0 heterocycles. The van der Waals surface area contributed by atoms with E-state index in [0.29, 0.717) is 23.8 Å². The number of hydrogen-bond acceptors (Lipinski definition) is 3. The highest BCUT2D eigenvalue weighted by Crippen LogP contribution is 2.65. The summed E-state index contributed by atoms with van der Waals surface area (Å²) in [6, 6.07) is 8.45. The highest BCUT2D eigenvalue weighted by atomic mass is 32.2. The summed E-state index contributed by atoms with van der Waals surface area (Å²) in [4.78, 5) is 12.6. The lowest BCUT2D eigenvalue weighted by Gasteiger charge is -2.39. The Kier molecular flexibility index (Phi) is 5.08. The Balaban J connectivity index is 1.45. The molecule has 2 saturated carbocycles. The Bertz CT molecular complexity index is 761. The van der Waals surface area contributed by atoms with Gasteiger partial charge in [0.1, 0.15) is 0 Å². The standard InChI is InChI=1S/C20H30N2O3S/c1-19(2)15-10-11-20(19,3)17(14-15)22-18(23)21-12-7-13-26(24,25)16-8-5-4-6-9-16/h4-6,8-9,15,17H,7,10-14H2,1-3H3,(H2,21,22,23). The van der Waals surface area contributed by atoms with E-state index < -0.39 is 9.84 Å². The minimum absolute atomic E-state index is 0.0353. The smallest absolute Gasteiger partial charge is 0.315 e. The summed E-state index contributed by atoms with van der Waals surface area (Å²) in [6.07, 6.45) is 3.85. The summed E-state index contributed by atoms with van der Waals surface area (Å²) in [5.74, 6) is 0.710. The molecule has 2 fully saturated rings. The second-order valence-corrected chi connectivity index (χ2v) is 10.7. The van der Waals surface area contributed by atoms with E-state index >= 15 is 0 Å². The molecule has 6 heteroatoms. The van der Waals surface area contributed by atoms with Gasteiger partial charge in [-0.3, -0.25) is 0 Å². The van der Waals surface area contributed by atoms with E-state index in [1.165, 1.54) is 6.42 Å². The van der Waals surface area contributed by atoms with Gasteiger partial charge in [0.25, 0.3) is 0 Å². The summed E-state index contributed by atoms with van der Waals surface area (Å²) < 4.78 is 24.5. The molecule has 2 aliphatic carbocycles. The zero-order chi connectivity index (χ0) is 19.0. The van der Waals surface area contributed by atoms with E-state index in [2.05, 4.69) is 31.4 Å². The maximum atomic E-state index is 12.3. The molecule has 2 amide bonds.